The summed E-state index contributed by atoms with van der Waals surface area (Å²) in [6, 6.07) is 5.48. The van der Waals surface area contributed by atoms with Crippen LogP contribution in [0.2, 0.25) is 0 Å². The first-order chi connectivity index (χ1) is 9.10. The Bertz CT molecular complexity index is 490. The molecule has 0 unspecified atom stereocenters. The molecular weight excluding hydrogens is 238 g/mol. The van der Waals surface area contributed by atoms with Crippen molar-refractivity contribution >= 4 is 11.6 Å². The molecule has 1 heterocycles. The van der Waals surface area contributed by atoms with Crippen LogP contribution in [0.1, 0.15) is 15.9 Å². The Balaban J connectivity index is 2.03. The smallest absolute Gasteiger partial charge is 0.254 e. The molecule has 0 bridgehead atoms. The first-order valence-corrected chi connectivity index (χ1v) is 6.42. The molecule has 1 aromatic rings. The van der Waals surface area contributed by atoms with Gasteiger partial charge in [0.2, 0.25) is 0 Å². The predicted octanol–water partition coefficient (Wildman–Crippen LogP) is 0.968. The van der Waals surface area contributed by atoms with Crippen molar-refractivity contribution < 1.29 is 4.79 Å². The van der Waals surface area contributed by atoms with E-state index < -0.39 is 0 Å². The fraction of sp³-hybridized carbons (Fsp3) is 0.400. The minimum atomic E-state index is 0.0516. The molecule has 2 rings (SSSR count). The lowest BCUT2D eigenvalue weighted by atomic mass is 10.1. The van der Waals surface area contributed by atoms with Crippen LogP contribution >= 0.6 is 0 Å². The van der Waals surface area contributed by atoms with Crippen molar-refractivity contribution in [3.8, 4) is 12.3 Å². The number of nitrogens with zero attached hydrogens (tertiary/aromatic N) is 2. The topological polar surface area (TPSA) is 49.6 Å². The number of benzene rings is 1. The number of piperazine rings is 1. The number of hydrogen-bond acceptors (Lipinski definition) is 3. The average molecular weight is 257 g/mol. The summed E-state index contributed by atoms with van der Waals surface area (Å²) in [6.07, 6.45) is 5.29. The highest BCUT2D eigenvalue weighted by Crippen LogP contribution is 2.14. The number of aryl methyl sites for hydroxylation is 1. The van der Waals surface area contributed by atoms with Crippen LogP contribution in [-0.4, -0.2) is 48.4 Å². The maximum atomic E-state index is 12.4. The van der Waals surface area contributed by atoms with Crippen molar-refractivity contribution in [3.63, 3.8) is 0 Å². The van der Waals surface area contributed by atoms with Crippen molar-refractivity contribution in [1.82, 2.24) is 9.80 Å². The fourth-order valence-corrected chi connectivity index (χ4v) is 2.36. The molecule has 1 aliphatic heterocycles. The van der Waals surface area contributed by atoms with E-state index in [4.69, 9.17) is 12.2 Å². The summed E-state index contributed by atoms with van der Waals surface area (Å²) in [6.45, 7) is 5.69. The summed E-state index contributed by atoms with van der Waals surface area (Å²) in [5, 5.41) is 0. The molecule has 1 aromatic carbocycles. The number of carbonyl (C=O) groups excluding carboxylic acids is 1. The van der Waals surface area contributed by atoms with Crippen LogP contribution in [0, 0.1) is 19.3 Å². The Morgan fingerprint density at radius 2 is 2.00 bits per heavy atom. The molecule has 4 heteroatoms. The van der Waals surface area contributed by atoms with Crippen LogP contribution < -0.4 is 5.73 Å². The molecule has 100 valence electrons. The second-order valence-corrected chi connectivity index (χ2v) is 4.90. The maximum Gasteiger partial charge on any atom is 0.254 e. The third-order valence-electron chi connectivity index (χ3n) is 3.32. The number of anilines is 1. The number of hydrogen-bond donors (Lipinski definition) is 1. The lowest BCUT2D eigenvalue weighted by molar-refractivity contribution is 0.0652. The molecule has 1 saturated heterocycles. The van der Waals surface area contributed by atoms with Gasteiger partial charge in [0.05, 0.1) is 6.54 Å². The van der Waals surface area contributed by atoms with Crippen molar-refractivity contribution in [2.24, 2.45) is 0 Å². The Morgan fingerprint density at radius 1 is 1.32 bits per heavy atom. The lowest BCUT2D eigenvalue weighted by Crippen LogP contribution is -2.48. The summed E-state index contributed by atoms with van der Waals surface area (Å²) in [7, 11) is 0. The highest BCUT2D eigenvalue weighted by Gasteiger charge is 2.21. The standard InChI is InChI=1S/C15H19N3O/c1-3-4-17-5-7-18(8-6-17)15(19)13-9-12(2)10-14(16)11-13/h1,9-11H,4-8,16H2,2H3. The van der Waals surface area contributed by atoms with Gasteiger partial charge in [-0.2, -0.15) is 0 Å². The van der Waals surface area contributed by atoms with Crippen LogP contribution in [-0.2, 0) is 0 Å². The number of nitrogens with two attached hydrogens (primary N) is 1. The van der Waals surface area contributed by atoms with E-state index in [0.717, 1.165) is 18.7 Å². The molecule has 0 saturated carbocycles. The molecule has 19 heavy (non-hydrogen) atoms. The molecule has 0 radical (unpaired) electrons. The number of nitrogen functional groups attached to an aromatic ring is 1. The minimum Gasteiger partial charge on any atom is -0.399 e. The van der Waals surface area contributed by atoms with Gasteiger partial charge in [0.25, 0.3) is 5.91 Å². The quantitative estimate of drug-likeness (QED) is 0.634. The van der Waals surface area contributed by atoms with Crippen molar-refractivity contribution in [3.05, 3.63) is 29.3 Å². The number of carbonyl (C=O) groups is 1. The Labute approximate surface area is 114 Å². The molecule has 1 amide bonds. The molecule has 2 N–H and O–H groups in total. The first kappa shape index (κ1) is 13.4. The van der Waals surface area contributed by atoms with Gasteiger partial charge in [0.15, 0.2) is 0 Å². The van der Waals surface area contributed by atoms with Gasteiger partial charge in [-0.05, 0) is 30.7 Å². The van der Waals surface area contributed by atoms with Gasteiger partial charge in [-0.3, -0.25) is 9.69 Å². The van der Waals surface area contributed by atoms with Crippen LogP contribution in [0.3, 0.4) is 0 Å². The molecular formula is C15H19N3O. The van der Waals surface area contributed by atoms with Crippen molar-refractivity contribution in [1.29, 1.82) is 0 Å². The highest BCUT2D eigenvalue weighted by atomic mass is 16.2. The highest BCUT2D eigenvalue weighted by molar-refractivity contribution is 5.95. The van der Waals surface area contributed by atoms with Gasteiger partial charge in [0, 0.05) is 37.4 Å². The third-order valence-corrected chi connectivity index (χ3v) is 3.32. The lowest BCUT2D eigenvalue weighted by Gasteiger charge is -2.33. The molecule has 1 fully saturated rings. The second-order valence-electron chi connectivity index (χ2n) is 4.90. The fourth-order valence-electron chi connectivity index (χ4n) is 2.36. The Kier molecular flexibility index (Phi) is 4.08. The van der Waals surface area contributed by atoms with Gasteiger partial charge in [-0.1, -0.05) is 5.92 Å². The average Bonchev–Trinajstić information content (AvgIpc) is 2.38. The number of amides is 1. The van der Waals surface area contributed by atoms with Gasteiger partial charge in [0.1, 0.15) is 0 Å². The Hall–Kier alpha value is -1.99. The van der Waals surface area contributed by atoms with Crippen LogP contribution in [0.5, 0.6) is 0 Å². The molecule has 0 spiro atoms. The normalized spacial score (nSPS) is 16.1. The van der Waals surface area contributed by atoms with E-state index in [2.05, 4.69) is 10.8 Å². The third kappa shape index (κ3) is 3.27. The van der Waals surface area contributed by atoms with E-state index in [1.54, 1.807) is 6.07 Å². The SMILES string of the molecule is C#CCN1CCN(C(=O)c2cc(C)cc(N)c2)CC1. The predicted molar refractivity (Wildman–Crippen MR) is 76.8 cm³/mol. The van der Waals surface area contributed by atoms with Crippen molar-refractivity contribution in [2.75, 3.05) is 38.5 Å². The second kappa shape index (κ2) is 5.77. The van der Waals surface area contributed by atoms with Crippen LogP contribution in [0.4, 0.5) is 5.69 Å². The summed E-state index contributed by atoms with van der Waals surface area (Å²) in [5.74, 6) is 2.69. The largest absolute Gasteiger partial charge is 0.399 e. The van der Waals surface area contributed by atoms with Gasteiger partial charge < -0.3 is 10.6 Å². The number of terminal acetylenes is 1. The monoisotopic (exact) mass is 257 g/mol. The molecule has 0 atom stereocenters. The van der Waals surface area contributed by atoms with E-state index in [1.807, 2.05) is 24.0 Å². The van der Waals surface area contributed by atoms with Gasteiger partial charge in [-0.15, -0.1) is 6.42 Å². The van der Waals surface area contributed by atoms with Crippen LogP contribution in [0.25, 0.3) is 0 Å². The van der Waals surface area contributed by atoms with E-state index in [0.29, 0.717) is 30.9 Å². The van der Waals surface area contributed by atoms with E-state index >= 15 is 0 Å². The minimum absolute atomic E-state index is 0.0516. The molecule has 0 aromatic heterocycles. The summed E-state index contributed by atoms with van der Waals surface area (Å²) in [4.78, 5) is 16.4. The Morgan fingerprint density at radius 3 is 2.58 bits per heavy atom. The zero-order valence-corrected chi connectivity index (χ0v) is 11.2. The molecule has 0 aliphatic carbocycles. The van der Waals surface area contributed by atoms with Crippen LogP contribution in [0.15, 0.2) is 18.2 Å². The number of rotatable bonds is 2. The van der Waals surface area contributed by atoms with E-state index in [9.17, 15) is 4.79 Å². The summed E-state index contributed by atoms with van der Waals surface area (Å²) < 4.78 is 0. The summed E-state index contributed by atoms with van der Waals surface area (Å²) in [5.41, 5.74) is 8.10. The van der Waals surface area contributed by atoms with E-state index in [-0.39, 0.29) is 5.91 Å². The first-order valence-electron chi connectivity index (χ1n) is 6.42. The maximum absolute atomic E-state index is 12.4. The zero-order chi connectivity index (χ0) is 13.8. The van der Waals surface area contributed by atoms with Gasteiger partial charge in [-0.25, -0.2) is 0 Å². The summed E-state index contributed by atoms with van der Waals surface area (Å²) >= 11 is 0. The van der Waals surface area contributed by atoms with Crippen molar-refractivity contribution in [2.45, 2.75) is 6.92 Å². The molecule has 1 aliphatic rings. The molecule has 4 nitrogen and oxygen atoms in total. The zero-order valence-electron chi connectivity index (χ0n) is 11.2. The van der Waals surface area contributed by atoms with E-state index in [1.165, 1.54) is 0 Å². The van der Waals surface area contributed by atoms with Gasteiger partial charge >= 0.3 is 0 Å².